The smallest absolute Gasteiger partial charge is 0.241 e. The summed E-state index contributed by atoms with van der Waals surface area (Å²) < 4.78 is 0. The highest BCUT2D eigenvalue weighted by Gasteiger charge is 2.28. The van der Waals surface area contributed by atoms with E-state index in [2.05, 4.69) is 37.4 Å². The average Bonchev–Trinajstić information content (AvgIpc) is 2.28. The Morgan fingerprint density at radius 3 is 3.06 bits per heavy atom. The second-order valence-electron chi connectivity index (χ2n) is 4.43. The highest BCUT2D eigenvalue weighted by molar-refractivity contribution is 7.99. The van der Waals surface area contributed by atoms with Crippen LogP contribution in [-0.4, -0.2) is 31.3 Å². The minimum absolute atomic E-state index is 0.146. The molecule has 0 bridgehead atoms. The van der Waals surface area contributed by atoms with E-state index in [0.29, 0.717) is 6.54 Å². The zero-order valence-electron chi connectivity index (χ0n) is 10.5. The summed E-state index contributed by atoms with van der Waals surface area (Å²) in [6.07, 6.45) is 0. The molecule has 1 N–H and O–H groups in total. The van der Waals surface area contributed by atoms with Crippen molar-refractivity contribution in [2.45, 2.75) is 24.8 Å². The molecule has 1 aliphatic heterocycles. The minimum Gasteiger partial charge on any atom is -0.311 e. The molecular weight excluding hydrogens is 232 g/mol. The number of hydrogen-bond donors (Lipinski definition) is 1. The molecule has 4 heteroatoms. The molecular formula is C13H18N2OS. The first-order valence-electron chi connectivity index (χ1n) is 5.83. The lowest BCUT2D eigenvalue weighted by Crippen LogP contribution is -2.46. The lowest BCUT2D eigenvalue weighted by molar-refractivity contribution is -0.118. The fourth-order valence-electron chi connectivity index (χ4n) is 2.08. The molecule has 0 aromatic heterocycles. The van der Waals surface area contributed by atoms with Crippen molar-refractivity contribution >= 4 is 23.4 Å². The number of likely N-dealkylation sites (N-methyl/N-ethyl adjacent to an activating group) is 1. The molecule has 1 aliphatic rings. The van der Waals surface area contributed by atoms with Crippen LogP contribution >= 0.6 is 11.8 Å². The van der Waals surface area contributed by atoms with Crippen LogP contribution in [0.15, 0.2) is 23.1 Å². The Morgan fingerprint density at radius 2 is 2.35 bits per heavy atom. The molecule has 0 fully saturated rings. The van der Waals surface area contributed by atoms with E-state index in [-0.39, 0.29) is 11.9 Å². The summed E-state index contributed by atoms with van der Waals surface area (Å²) in [5, 5.41) is 2.93. The van der Waals surface area contributed by atoms with Crippen molar-refractivity contribution in [3.8, 4) is 0 Å². The molecule has 0 saturated carbocycles. The van der Waals surface area contributed by atoms with Crippen LogP contribution in [0.4, 0.5) is 5.69 Å². The molecule has 0 aliphatic carbocycles. The fourth-order valence-corrected chi connectivity index (χ4v) is 3.12. The summed E-state index contributed by atoms with van der Waals surface area (Å²) in [4.78, 5) is 15.3. The third-order valence-electron chi connectivity index (χ3n) is 2.89. The maximum absolute atomic E-state index is 12.1. The van der Waals surface area contributed by atoms with Crippen molar-refractivity contribution in [1.82, 2.24) is 5.32 Å². The third-order valence-corrected chi connectivity index (χ3v) is 4.20. The van der Waals surface area contributed by atoms with E-state index in [9.17, 15) is 4.79 Å². The van der Waals surface area contributed by atoms with Gasteiger partial charge < -0.3 is 10.2 Å². The van der Waals surface area contributed by atoms with Gasteiger partial charge in [-0.1, -0.05) is 6.07 Å². The number of nitrogens with one attached hydrogen (secondary N) is 1. The highest BCUT2D eigenvalue weighted by Crippen LogP contribution is 2.37. The number of nitrogens with zero attached hydrogens (tertiary/aromatic N) is 1. The number of amides is 1. The van der Waals surface area contributed by atoms with Gasteiger partial charge in [-0.25, -0.2) is 0 Å². The van der Waals surface area contributed by atoms with E-state index in [1.54, 1.807) is 7.05 Å². The van der Waals surface area contributed by atoms with Gasteiger partial charge in [-0.2, -0.15) is 0 Å². The highest BCUT2D eigenvalue weighted by atomic mass is 32.2. The maximum Gasteiger partial charge on any atom is 0.241 e. The van der Waals surface area contributed by atoms with Crippen LogP contribution in [0.1, 0.15) is 12.5 Å². The van der Waals surface area contributed by atoms with E-state index < -0.39 is 0 Å². The van der Waals surface area contributed by atoms with Crippen LogP contribution in [0.3, 0.4) is 0 Å². The SMILES string of the molecule is CNCC(=O)N1c2cc(C)ccc2SCC1C. The standard InChI is InChI=1S/C13H18N2OS/c1-9-4-5-12-11(6-9)15(10(2)8-17-12)13(16)7-14-3/h4-6,10,14H,7-8H2,1-3H3. The first-order valence-corrected chi connectivity index (χ1v) is 6.82. The van der Waals surface area contributed by atoms with Gasteiger partial charge in [-0.3, -0.25) is 4.79 Å². The molecule has 1 amide bonds. The largest absolute Gasteiger partial charge is 0.311 e. The maximum atomic E-state index is 12.1. The molecule has 0 spiro atoms. The van der Waals surface area contributed by atoms with Gasteiger partial charge in [0.05, 0.1) is 12.2 Å². The van der Waals surface area contributed by atoms with Crippen LogP contribution in [-0.2, 0) is 4.79 Å². The van der Waals surface area contributed by atoms with Crippen molar-refractivity contribution < 1.29 is 4.79 Å². The predicted molar refractivity (Wildman–Crippen MR) is 72.8 cm³/mol. The Morgan fingerprint density at radius 1 is 1.59 bits per heavy atom. The second-order valence-corrected chi connectivity index (χ2v) is 5.49. The number of thioether (sulfide) groups is 1. The number of aryl methyl sites for hydroxylation is 1. The molecule has 0 saturated heterocycles. The Labute approximate surface area is 107 Å². The van der Waals surface area contributed by atoms with Gasteiger partial charge in [-0.15, -0.1) is 11.8 Å². The van der Waals surface area contributed by atoms with E-state index in [4.69, 9.17) is 0 Å². The number of fused-ring (bicyclic) bond motifs is 1. The number of carbonyl (C=O) groups excluding carboxylic acids is 1. The second kappa shape index (κ2) is 5.10. The van der Waals surface area contributed by atoms with Gasteiger partial charge >= 0.3 is 0 Å². The normalized spacial score (nSPS) is 19.0. The molecule has 0 radical (unpaired) electrons. The van der Waals surface area contributed by atoms with Crippen LogP contribution in [0.2, 0.25) is 0 Å². The summed E-state index contributed by atoms with van der Waals surface area (Å²) in [6, 6.07) is 6.57. The Hall–Kier alpha value is -1.00. The number of anilines is 1. The van der Waals surface area contributed by atoms with Crippen molar-refractivity contribution in [2.24, 2.45) is 0 Å². The van der Waals surface area contributed by atoms with Gasteiger partial charge in [0.25, 0.3) is 0 Å². The molecule has 92 valence electrons. The summed E-state index contributed by atoms with van der Waals surface area (Å²) in [7, 11) is 1.80. The zero-order chi connectivity index (χ0) is 12.4. The topological polar surface area (TPSA) is 32.3 Å². The zero-order valence-corrected chi connectivity index (χ0v) is 11.3. The van der Waals surface area contributed by atoms with Crippen molar-refractivity contribution in [1.29, 1.82) is 0 Å². The van der Waals surface area contributed by atoms with Gasteiger partial charge in [-0.05, 0) is 38.6 Å². The Balaban J connectivity index is 2.38. The molecule has 1 aromatic rings. The predicted octanol–water partition coefficient (Wildman–Crippen LogP) is 2.04. The first kappa shape index (κ1) is 12.5. The van der Waals surface area contributed by atoms with Crippen LogP contribution in [0.25, 0.3) is 0 Å². The minimum atomic E-state index is 0.146. The lowest BCUT2D eigenvalue weighted by atomic mass is 10.1. The summed E-state index contributed by atoms with van der Waals surface area (Å²) in [5.41, 5.74) is 2.26. The van der Waals surface area contributed by atoms with Crippen LogP contribution in [0.5, 0.6) is 0 Å². The van der Waals surface area contributed by atoms with Crippen LogP contribution in [0, 0.1) is 6.92 Å². The fraction of sp³-hybridized carbons (Fsp3) is 0.462. The quantitative estimate of drug-likeness (QED) is 0.872. The molecule has 3 nitrogen and oxygen atoms in total. The average molecular weight is 250 g/mol. The van der Waals surface area contributed by atoms with Gasteiger partial charge in [0.2, 0.25) is 5.91 Å². The number of benzene rings is 1. The van der Waals surface area contributed by atoms with Crippen molar-refractivity contribution in [3.05, 3.63) is 23.8 Å². The van der Waals surface area contributed by atoms with Gasteiger partial charge in [0.1, 0.15) is 0 Å². The molecule has 2 rings (SSSR count). The number of carbonyl (C=O) groups is 1. The lowest BCUT2D eigenvalue weighted by Gasteiger charge is -2.35. The Kier molecular flexibility index (Phi) is 3.74. The summed E-state index contributed by atoms with van der Waals surface area (Å²) in [5.74, 6) is 1.11. The molecule has 17 heavy (non-hydrogen) atoms. The number of rotatable bonds is 2. The number of hydrogen-bond acceptors (Lipinski definition) is 3. The summed E-state index contributed by atoms with van der Waals surface area (Å²) >= 11 is 1.83. The monoisotopic (exact) mass is 250 g/mol. The van der Waals surface area contributed by atoms with Gasteiger partial charge in [0, 0.05) is 16.7 Å². The van der Waals surface area contributed by atoms with E-state index >= 15 is 0 Å². The first-order chi connectivity index (χ1) is 8.13. The Bertz CT molecular complexity index is 433. The third kappa shape index (κ3) is 2.48. The van der Waals surface area contributed by atoms with E-state index in [1.807, 2.05) is 16.7 Å². The molecule has 1 aromatic carbocycles. The van der Waals surface area contributed by atoms with Crippen molar-refractivity contribution in [3.63, 3.8) is 0 Å². The van der Waals surface area contributed by atoms with Crippen molar-refractivity contribution in [2.75, 3.05) is 24.2 Å². The molecule has 1 heterocycles. The van der Waals surface area contributed by atoms with E-state index in [0.717, 1.165) is 11.4 Å². The molecule has 1 atom stereocenters. The molecule has 1 unspecified atom stereocenters. The summed E-state index contributed by atoms with van der Waals surface area (Å²) in [6.45, 7) is 4.55. The van der Waals surface area contributed by atoms with E-state index in [1.165, 1.54) is 10.5 Å². The van der Waals surface area contributed by atoms with Crippen LogP contribution < -0.4 is 10.2 Å². The van der Waals surface area contributed by atoms with Gasteiger partial charge in [0.15, 0.2) is 0 Å².